The van der Waals surface area contributed by atoms with Gasteiger partial charge in [-0.15, -0.1) is 0 Å². The summed E-state index contributed by atoms with van der Waals surface area (Å²) >= 11 is 0. The van der Waals surface area contributed by atoms with Crippen molar-refractivity contribution < 1.29 is 4.79 Å². The highest BCUT2D eigenvalue weighted by Crippen LogP contribution is 2.05. The van der Waals surface area contributed by atoms with E-state index >= 15 is 0 Å². The Balaban J connectivity index is 2.83. The van der Waals surface area contributed by atoms with E-state index in [2.05, 4.69) is 5.32 Å². The van der Waals surface area contributed by atoms with Crippen molar-refractivity contribution in [1.82, 2.24) is 9.88 Å². The molecule has 0 saturated carbocycles. The van der Waals surface area contributed by atoms with E-state index in [1.807, 2.05) is 44.5 Å². The Labute approximate surface area is 78.8 Å². The van der Waals surface area contributed by atoms with Crippen LogP contribution in [0.1, 0.15) is 30.0 Å². The van der Waals surface area contributed by atoms with Crippen molar-refractivity contribution in [2.45, 2.75) is 26.8 Å². The van der Waals surface area contributed by atoms with Gasteiger partial charge in [-0.05, 0) is 32.9 Å². The van der Waals surface area contributed by atoms with Crippen molar-refractivity contribution in [2.75, 3.05) is 0 Å². The van der Waals surface area contributed by atoms with E-state index in [1.54, 1.807) is 0 Å². The summed E-state index contributed by atoms with van der Waals surface area (Å²) in [5.74, 6) is -0.00870. The lowest BCUT2D eigenvalue weighted by molar-refractivity contribution is 0.0934. The van der Waals surface area contributed by atoms with Gasteiger partial charge in [-0.2, -0.15) is 0 Å². The first kappa shape index (κ1) is 9.84. The fourth-order valence-electron chi connectivity index (χ4n) is 1.18. The van der Waals surface area contributed by atoms with Gasteiger partial charge in [0, 0.05) is 18.8 Å². The predicted molar refractivity (Wildman–Crippen MR) is 52.8 cm³/mol. The topological polar surface area (TPSA) is 34.0 Å². The summed E-state index contributed by atoms with van der Waals surface area (Å²) in [6.07, 6.45) is 0. The van der Waals surface area contributed by atoms with E-state index in [1.165, 1.54) is 0 Å². The van der Waals surface area contributed by atoms with Gasteiger partial charge >= 0.3 is 0 Å². The maximum Gasteiger partial charge on any atom is 0.268 e. The number of rotatable bonds is 2. The van der Waals surface area contributed by atoms with Crippen molar-refractivity contribution in [3.8, 4) is 0 Å². The van der Waals surface area contributed by atoms with Gasteiger partial charge in [0.25, 0.3) is 5.91 Å². The molecule has 0 aliphatic carbocycles. The minimum atomic E-state index is -0.00870. The van der Waals surface area contributed by atoms with Crippen LogP contribution in [0.5, 0.6) is 0 Å². The number of aryl methyl sites for hydroxylation is 1. The predicted octanol–water partition coefficient (Wildman–Crippen LogP) is 1.47. The van der Waals surface area contributed by atoms with Gasteiger partial charge in [0.2, 0.25) is 0 Å². The Morgan fingerprint density at radius 2 is 2.08 bits per heavy atom. The molecular formula is C10H16N2O. The molecule has 0 aliphatic rings. The molecule has 1 amide bonds. The Morgan fingerprint density at radius 1 is 1.46 bits per heavy atom. The molecule has 0 aromatic carbocycles. The van der Waals surface area contributed by atoms with Crippen LogP contribution >= 0.6 is 0 Å². The van der Waals surface area contributed by atoms with Crippen molar-refractivity contribution in [1.29, 1.82) is 0 Å². The Bertz CT molecular complexity index is 313. The molecule has 3 nitrogen and oxygen atoms in total. The number of amides is 1. The largest absolute Gasteiger partial charge is 0.349 e. The average Bonchev–Trinajstić information content (AvgIpc) is 2.31. The molecule has 0 bridgehead atoms. The van der Waals surface area contributed by atoms with Gasteiger partial charge in [-0.25, -0.2) is 0 Å². The number of hydrogen-bond acceptors (Lipinski definition) is 1. The van der Waals surface area contributed by atoms with Crippen LogP contribution < -0.4 is 5.32 Å². The normalized spacial score (nSPS) is 10.5. The molecule has 13 heavy (non-hydrogen) atoms. The smallest absolute Gasteiger partial charge is 0.268 e. The number of nitrogens with zero attached hydrogens (tertiary/aromatic N) is 1. The van der Waals surface area contributed by atoms with E-state index in [9.17, 15) is 4.79 Å². The van der Waals surface area contributed by atoms with Gasteiger partial charge in [-0.1, -0.05) is 0 Å². The molecule has 0 fully saturated rings. The second-order valence-corrected chi connectivity index (χ2v) is 3.55. The minimum Gasteiger partial charge on any atom is -0.349 e. The average molecular weight is 180 g/mol. The number of aromatic nitrogens is 1. The van der Waals surface area contributed by atoms with Crippen LogP contribution in [0, 0.1) is 6.92 Å². The van der Waals surface area contributed by atoms with Crippen LogP contribution in [0.3, 0.4) is 0 Å². The number of carbonyl (C=O) groups excluding carboxylic acids is 1. The molecule has 1 heterocycles. The van der Waals surface area contributed by atoms with Gasteiger partial charge in [0.1, 0.15) is 5.69 Å². The van der Waals surface area contributed by atoms with E-state index in [0.29, 0.717) is 5.69 Å². The highest BCUT2D eigenvalue weighted by molar-refractivity contribution is 5.93. The molecule has 0 unspecified atom stereocenters. The Kier molecular flexibility index (Phi) is 2.76. The van der Waals surface area contributed by atoms with Crippen LogP contribution in [0.25, 0.3) is 0 Å². The second-order valence-electron chi connectivity index (χ2n) is 3.55. The van der Waals surface area contributed by atoms with Gasteiger partial charge in [-0.3, -0.25) is 4.79 Å². The summed E-state index contributed by atoms with van der Waals surface area (Å²) in [5, 5.41) is 2.85. The van der Waals surface area contributed by atoms with Crippen LogP contribution in [-0.4, -0.2) is 16.5 Å². The van der Waals surface area contributed by atoms with E-state index in [-0.39, 0.29) is 11.9 Å². The fourth-order valence-corrected chi connectivity index (χ4v) is 1.18. The maximum absolute atomic E-state index is 11.6. The summed E-state index contributed by atoms with van der Waals surface area (Å²) in [6.45, 7) is 5.88. The first-order valence-electron chi connectivity index (χ1n) is 4.45. The highest BCUT2D eigenvalue weighted by Gasteiger charge is 2.10. The number of hydrogen-bond donors (Lipinski definition) is 1. The lowest BCUT2D eigenvalue weighted by Gasteiger charge is -2.09. The van der Waals surface area contributed by atoms with Crippen molar-refractivity contribution >= 4 is 5.91 Å². The molecule has 0 spiro atoms. The monoisotopic (exact) mass is 180 g/mol. The zero-order valence-corrected chi connectivity index (χ0v) is 8.59. The molecule has 1 aromatic heterocycles. The third-order valence-electron chi connectivity index (χ3n) is 2.03. The van der Waals surface area contributed by atoms with Crippen LogP contribution in [0.2, 0.25) is 0 Å². The lowest BCUT2D eigenvalue weighted by atomic mass is 10.3. The molecule has 3 heteroatoms. The molecule has 72 valence electrons. The van der Waals surface area contributed by atoms with Gasteiger partial charge in [0.05, 0.1) is 0 Å². The van der Waals surface area contributed by atoms with Gasteiger partial charge < -0.3 is 9.88 Å². The number of carbonyl (C=O) groups is 1. The van der Waals surface area contributed by atoms with Crippen LogP contribution in [0.15, 0.2) is 12.1 Å². The minimum absolute atomic E-state index is 0.00870. The molecule has 0 saturated heterocycles. The van der Waals surface area contributed by atoms with Crippen molar-refractivity contribution in [3.05, 3.63) is 23.5 Å². The zero-order valence-electron chi connectivity index (χ0n) is 8.59. The summed E-state index contributed by atoms with van der Waals surface area (Å²) in [5.41, 5.74) is 1.81. The maximum atomic E-state index is 11.6. The standard InChI is InChI=1S/C10H16N2O/c1-7(2)11-10(13)9-6-5-8(3)12(9)4/h5-7H,1-4H3,(H,11,13). The van der Waals surface area contributed by atoms with Gasteiger partial charge in [0.15, 0.2) is 0 Å². The van der Waals surface area contributed by atoms with E-state index in [0.717, 1.165) is 5.69 Å². The summed E-state index contributed by atoms with van der Waals surface area (Å²) in [7, 11) is 1.89. The van der Waals surface area contributed by atoms with Crippen molar-refractivity contribution in [2.24, 2.45) is 7.05 Å². The molecule has 0 radical (unpaired) electrons. The highest BCUT2D eigenvalue weighted by atomic mass is 16.2. The number of nitrogens with one attached hydrogen (secondary N) is 1. The molecule has 0 aliphatic heterocycles. The molecule has 1 N–H and O–H groups in total. The summed E-state index contributed by atoms with van der Waals surface area (Å²) in [6, 6.07) is 3.96. The van der Waals surface area contributed by atoms with Crippen molar-refractivity contribution in [3.63, 3.8) is 0 Å². The third-order valence-corrected chi connectivity index (χ3v) is 2.03. The first-order valence-corrected chi connectivity index (χ1v) is 4.45. The Morgan fingerprint density at radius 3 is 2.46 bits per heavy atom. The zero-order chi connectivity index (χ0) is 10.0. The SMILES string of the molecule is Cc1ccc(C(=O)NC(C)C)n1C. The molecule has 0 atom stereocenters. The molecule has 1 aromatic rings. The molecular weight excluding hydrogens is 164 g/mol. The van der Waals surface area contributed by atoms with E-state index < -0.39 is 0 Å². The summed E-state index contributed by atoms with van der Waals surface area (Å²) < 4.78 is 1.89. The van der Waals surface area contributed by atoms with Crippen LogP contribution in [0.4, 0.5) is 0 Å². The second kappa shape index (κ2) is 3.64. The third kappa shape index (κ3) is 2.11. The van der Waals surface area contributed by atoms with E-state index in [4.69, 9.17) is 0 Å². The first-order chi connectivity index (χ1) is 6.02. The summed E-state index contributed by atoms with van der Waals surface area (Å²) in [4.78, 5) is 11.6. The lowest BCUT2D eigenvalue weighted by Crippen LogP contribution is -2.31. The quantitative estimate of drug-likeness (QED) is 0.734. The Hall–Kier alpha value is -1.25. The van der Waals surface area contributed by atoms with Crippen LogP contribution in [-0.2, 0) is 7.05 Å². The molecule has 1 rings (SSSR count). The fraction of sp³-hybridized carbons (Fsp3) is 0.500.